The molecule has 0 atom stereocenters. The Labute approximate surface area is 150 Å². The molecule has 0 amide bonds. The van der Waals surface area contributed by atoms with Gasteiger partial charge in [0.2, 0.25) is 0 Å². The SMILES string of the molecule is CN=C(NCCCOC1CCCCC1)NCCCc1nc(C)cs1. The van der Waals surface area contributed by atoms with E-state index < -0.39 is 0 Å². The molecule has 1 heterocycles. The standard InChI is InChI=1S/C18H32N4OS/c1-15-14-24-17(22-15)10-6-11-20-18(19-2)21-12-7-13-23-16-8-4-3-5-9-16/h14,16H,3-13H2,1-2H3,(H2,19,20,21). The van der Waals surface area contributed by atoms with Crippen LogP contribution in [0.1, 0.15) is 55.6 Å². The van der Waals surface area contributed by atoms with Crippen LogP contribution in [0.2, 0.25) is 0 Å². The molecule has 0 aromatic carbocycles. The van der Waals surface area contributed by atoms with Gasteiger partial charge in [-0.1, -0.05) is 19.3 Å². The van der Waals surface area contributed by atoms with E-state index in [1.54, 1.807) is 11.3 Å². The second-order valence-corrected chi connectivity index (χ2v) is 7.34. The minimum absolute atomic E-state index is 0.505. The fourth-order valence-corrected chi connectivity index (χ4v) is 3.76. The number of aliphatic imine (C=N–C) groups is 1. The Bertz CT molecular complexity index is 483. The molecule has 136 valence electrons. The number of nitrogens with one attached hydrogen (secondary N) is 2. The normalized spacial score (nSPS) is 16.3. The van der Waals surface area contributed by atoms with Crippen LogP contribution in [0.3, 0.4) is 0 Å². The van der Waals surface area contributed by atoms with Crippen molar-refractivity contribution in [3.63, 3.8) is 0 Å². The molecule has 1 aromatic heterocycles. The van der Waals surface area contributed by atoms with Crippen molar-refractivity contribution in [2.45, 2.75) is 64.4 Å². The van der Waals surface area contributed by atoms with Crippen LogP contribution in [0.5, 0.6) is 0 Å². The van der Waals surface area contributed by atoms with Crippen molar-refractivity contribution in [1.82, 2.24) is 15.6 Å². The second kappa shape index (κ2) is 11.4. The van der Waals surface area contributed by atoms with Crippen molar-refractivity contribution >= 4 is 17.3 Å². The van der Waals surface area contributed by atoms with Gasteiger partial charge < -0.3 is 15.4 Å². The third kappa shape index (κ3) is 7.62. The number of aromatic nitrogens is 1. The summed E-state index contributed by atoms with van der Waals surface area (Å²) in [6.45, 7) is 4.70. The lowest BCUT2D eigenvalue weighted by molar-refractivity contribution is 0.0277. The van der Waals surface area contributed by atoms with Gasteiger partial charge in [0.05, 0.1) is 11.1 Å². The van der Waals surface area contributed by atoms with E-state index in [2.05, 4.69) is 26.0 Å². The highest BCUT2D eigenvalue weighted by Crippen LogP contribution is 2.20. The van der Waals surface area contributed by atoms with Gasteiger partial charge in [-0.05, 0) is 32.6 Å². The Morgan fingerprint density at radius 3 is 2.67 bits per heavy atom. The van der Waals surface area contributed by atoms with E-state index in [-0.39, 0.29) is 0 Å². The molecule has 24 heavy (non-hydrogen) atoms. The van der Waals surface area contributed by atoms with E-state index in [0.717, 1.165) is 50.6 Å². The first-order valence-electron chi connectivity index (χ1n) is 9.25. The smallest absolute Gasteiger partial charge is 0.190 e. The van der Waals surface area contributed by atoms with Gasteiger partial charge >= 0.3 is 0 Å². The van der Waals surface area contributed by atoms with Crippen LogP contribution in [-0.4, -0.2) is 43.8 Å². The minimum Gasteiger partial charge on any atom is -0.378 e. The molecule has 1 saturated carbocycles. The molecule has 0 saturated heterocycles. The zero-order valence-electron chi connectivity index (χ0n) is 15.1. The molecule has 2 N–H and O–H groups in total. The summed E-state index contributed by atoms with van der Waals surface area (Å²) in [5.74, 6) is 0.878. The lowest BCUT2D eigenvalue weighted by Crippen LogP contribution is -2.38. The predicted octanol–water partition coefficient (Wildman–Crippen LogP) is 3.29. The van der Waals surface area contributed by atoms with Crippen LogP contribution in [0, 0.1) is 6.92 Å². The van der Waals surface area contributed by atoms with Gasteiger partial charge in [-0.15, -0.1) is 11.3 Å². The monoisotopic (exact) mass is 352 g/mol. The Morgan fingerprint density at radius 1 is 1.25 bits per heavy atom. The second-order valence-electron chi connectivity index (χ2n) is 6.40. The van der Waals surface area contributed by atoms with Gasteiger partial charge in [0.15, 0.2) is 5.96 Å². The molecule has 1 aliphatic carbocycles. The Kier molecular flexibility index (Phi) is 9.13. The maximum atomic E-state index is 5.94. The van der Waals surface area contributed by atoms with Gasteiger partial charge in [0, 0.05) is 44.2 Å². The highest BCUT2D eigenvalue weighted by molar-refractivity contribution is 7.09. The van der Waals surface area contributed by atoms with E-state index in [4.69, 9.17) is 4.74 Å². The van der Waals surface area contributed by atoms with Crippen molar-refractivity contribution < 1.29 is 4.74 Å². The Hall–Kier alpha value is -1.14. The molecule has 0 bridgehead atoms. The Morgan fingerprint density at radius 2 is 2.00 bits per heavy atom. The maximum Gasteiger partial charge on any atom is 0.190 e. The van der Waals surface area contributed by atoms with Gasteiger partial charge in [0.1, 0.15) is 0 Å². The topological polar surface area (TPSA) is 58.5 Å². The van der Waals surface area contributed by atoms with Crippen LogP contribution in [-0.2, 0) is 11.2 Å². The lowest BCUT2D eigenvalue weighted by Gasteiger charge is -2.22. The number of aryl methyl sites for hydroxylation is 2. The summed E-state index contributed by atoms with van der Waals surface area (Å²) in [7, 11) is 1.82. The molecule has 0 radical (unpaired) electrons. The Balaban J connectivity index is 1.47. The first kappa shape index (κ1) is 19.2. The molecule has 1 aliphatic rings. The number of guanidine groups is 1. The molecule has 5 nitrogen and oxygen atoms in total. The number of hydrogen-bond donors (Lipinski definition) is 2. The first-order valence-corrected chi connectivity index (χ1v) is 10.1. The average molecular weight is 353 g/mol. The zero-order valence-corrected chi connectivity index (χ0v) is 16.0. The summed E-state index contributed by atoms with van der Waals surface area (Å²) in [6, 6.07) is 0. The third-order valence-corrected chi connectivity index (χ3v) is 5.30. The molecule has 1 fully saturated rings. The lowest BCUT2D eigenvalue weighted by atomic mass is 9.98. The minimum atomic E-state index is 0.505. The largest absolute Gasteiger partial charge is 0.378 e. The third-order valence-electron chi connectivity index (χ3n) is 4.27. The number of thiazole rings is 1. The van der Waals surface area contributed by atoms with E-state index in [1.807, 2.05) is 14.0 Å². The number of ether oxygens (including phenoxy) is 1. The van der Waals surface area contributed by atoms with E-state index in [9.17, 15) is 0 Å². The summed E-state index contributed by atoms with van der Waals surface area (Å²) in [4.78, 5) is 8.75. The number of hydrogen-bond acceptors (Lipinski definition) is 4. The maximum absolute atomic E-state index is 5.94. The van der Waals surface area contributed by atoms with Crippen LogP contribution in [0.15, 0.2) is 10.4 Å². The van der Waals surface area contributed by atoms with Crippen molar-refractivity contribution in [2.75, 3.05) is 26.7 Å². The van der Waals surface area contributed by atoms with Crippen molar-refractivity contribution in [3.8, 4) is 0 Å². The summed E-state index contributed by atoms with van der Waals surface area (Å²) in [6.07, 6.45) is 10.2. The quantitative estimate of drug-likeness (QED) is 0.407. The number of rotatable bonds is 9. The van der Waals surface area contributed by atoms with E-state index in [0.29, 0.717) is 6.10 Å². The number of nitrogens with zero attached hydrogens (tertiary/aromatic N) is 2. The van der Waals surface area contributed by atoms with Crippen LogP contribution < -0.4 is 10.6 Å². The highest BCUT2D eigenvalue weighted by Gasteiger charge is 2.12. The van der Waals surface area contributed by atoms with Crippen molar-refractivity contribution in [2.24, 2.45) is 4.99 Å². The summed E-state index contributed by atoms with van der Waals surface area (Å²) in [5.41, 5.74) is 1.12. The predicted molar refractivity (Wildman–Crippen MR) is 102 cm³/mol. The van der Waals surface area contributed by atoms with Crippen LogP contribution in [0.4, 0.5) is 0 Å². The van der Waals surface area contributed by atoms with Gasteiger partial charge in [0.25, 0.3) is 0 Å². The van der Waals surface area contributed by atoms with Crippen LogP contribution >= 0.6 is 11.3 Å². The molecular weight excluding hydrogens is 320 g/mol. The summed E-state index contributed by atoms with van der Waals surface area (Å²) < 4.78 is 5.94. The molecule has 0 spiro atoms. The van der Waals surface area contributed by atoms with Gasteiger partial charge in [-0.25, -0.2) is 4.98 Å². The highest BCUT2D eigenvalue weighted by atomic mass is 32.1. The van der Waals surface area contributed by atoms with Crippen molar-refractivity contribution in [1.29, 1.82) is 0 Å². The molecule has 6 heteroatoms. The molecule has 0 unspecified atom stereocenters. The van der Waals surface area contributed by atoms with E-state index in [1.165, 1.54) is 37.1 Å². The first-order chi connectivity index (χ1) is 11.8. The fraction of sp³-hybridized carbons (Fsp3) is 0.778. The molecule has 0 aliphatic heterocycles. The molecule has 1 aromatic rings. The zero-order chi connectivity index (χ0) is 17.0. The van der Waals surface area contributed by atoms with Gasteiger partial charge in [-0.2, -0.15) is 0 Å². The average Bonchev–Trinajstić information content (AvgIpc) is 3.02. The van der Waals surface area contributed by atoms with Crippen LogP contribution in [0.25, 0.3) is 0 Å². The molecular formula is C18H32N4OS. The van der Waals surface area contributed by atoms with E-state index >= 15 is 0 Å². The molecule has 2 rings (SSSR count). The van der Waals surface area contributed by atoms with Crippen molar-refractivity contribution in [3.05, 3.63) is 16.1 Å². The summed E-state index contributed by atoms with van der Waals surface area (Å²) in [5, 5.41) is 10.0. The van der Waals surface area contributed by atoms with Gasteiger partial charge in [-0.3, -0.25) is 4.99 Å². The summed E-state index contributed by atoms with van der Waals surface area (Å²) >= 11 is 1.75. The fourth-order valence-electron chi connectivity index (χ4n) is 2.95.